The average Bonchev–Trinajstić information content (AvgIpc) is 2.81. The number of rotatable bonds is 1. The number of benzene rings is 1. The van der Waals surface area contributed by atoms with Crippen molar-refractivity contribution in [3.63, 3.8) is 0 Å². The molecule has 16 heavy (non-hydrogen) atoms. The molecule has 3 heteroatoms. The van der Waals surface area contributed by atoms with Gasteiger partial charge in [-0.25, -0.2) is 0 Å². The molecule has 1 aliphatic heterocycles. The van der Waals surface area contributed by atoms with Gasteiger partial charge in [-0.05, 0) is 25.0 Å². The van der Waals surface area contributed by atoms with Crippen LogP contribution < -0.4 is 10.2 Å². The maximum atomic E-state index is 9.59. The summed E-state index contributed by atoms with van der Waals surface area (Å²) in [5.74, 6) is 0.366. The van der Waals surface area contributed by atoms with Crippen LogP contribution >= 0.6 is 0 Å². The van der Waals surface area contributed by atoms with Crippen LogP contribution in [0.3, 0.4) is 0 Å². The third kappa shape index (κ3) is 1.60. The zero-order chi connectivity index (χ0) is 11.0. The van der Waals surface area contributed by atoms with Crippen molar-refractivity contribution in [3.05, 3.63) is 18.2 Å². The van der Waals surface area contributed by atoms with Crippen LogP contribution in [0.5, 0.6) is 5.75 Å². The summed E-state index contributed by atoms with van der Waals surface area (Å²) in [5.41, 5.74) is 2.34. The van der Waals surface area contributed by atoms with Gasteiger partial charge in [0.25, 0.3) is 0 Å². The first-order valence-corrected chi connectivity index (χ1v) is 6.18. The molecule has 86 valence electrons. The number of phenolic OH excluding ortho intramolecular Hbond substituents is 1. The van der Waals surface area contributed by atoms with Crippen molar-refractivity contribution in [2.45, 2.75) is 31.7 Å². The molecule has 0 spiro atoms. The van der Waals surface area contributed by atoms with Crippen molar-refractivity contribution in [1.82, 2.24) is 0 Å². The van der Waals surface area contributed by atoms with Crippen LogP contribution in [-0.4, -0.2) is 24.2 Å². The summed E-state index contributed by atoms with van der Waals surface area (Å²) < 4.78 is 0. The number of aromatic hydroxyl groups is 1. The molecule has 2 aliphatic rings. The summed E-state index contributed by atoms with van der Waals surface area (Å²) in [6.07, 6.45) is 5.30. The minimum absolute atomic E-state index is 0.366. The smallest absolute Gasteiger partial charge is 0.117 e. The van der Waals surface area contributed by atoms with Gasteiger partial charge in [0, 0.05) is 25.2 Å². The standard InChI is InChI=1S/C13H18N2O/c16-11-5-6-12-13(9-11)15(8-7-14-12)10-3-1-2-4-10/h5-6,9-10,14,16H,1-4,7-8H2. The van der Waals surface area contributed by atoms with E-state index < -0.39 is 0 Å². The summed E-state index contributed by atoms with van der Waals surface area (Å²) in [6.45, 7) is 2.06. The first-order chi connectivity index (χ1) is 7.84. The second-order valence-electron chi connectivity index (χ2n) is 4.76. The topological polar surface area (TPSA) is 35.5 Å². The van der Waals surface area contributed by atoms with Crippen molar-refractivity contribution in [2.24, 2.45) is 0 Å². The maximum Gasteiger partial charge on any atom is 0.117 e. The van der Waals surface area contributed by atoms with Gasteiger partial charge >= 0.3 is 0 Å². The maximum absolute atomic E-state index is 9.59. The summed E-state index contributed by atoms with van der Waals surface area (Å²) in [4.78, 5) is 2.47. The first kappa shape index (κ1) is 9.82. The number of hydrogen-bond donors (Lipinski definition) is 2. The van der Waals surface area contributed by atoms with Crippen molar-refractivity contribution in [2.75, 3.05) is 23.3 Å². The van der Waals surface area contributed by atoms with Gasteiger partial charge in [-0.2, -0.15) is 0 Å². The van der Waals surface area contributed by atoms with Gasteiger partial charge in [-0.3, -0.25) is 0 Å². The van der Waals surface area contributed by atoms with E-state index in [0.717, 1.165) is 18.8 Å². The molecule has 2 N–H and O–H groups in total. The van der Waals surface area contributed by atoms with E-state index in [4.69, 9.17) is 0 Å². The molecule has 1 aliphatic carbocycles. The summed E-state index contributed by atoms with van der Waals surface area (Å²) in [6, 6.07) is 6.30. The van der Waals surface area contributed by atoms with E-state index in [1.165, 1.54) is 31.4 Å². The van der Waals surface area contributed by atoms with Gasteiger partial charge < -0.3 is 15.3 Å². The molecule has 1 aromatic carbocycles. The molecule has 0 aromatic heterocycles. The molecule has 0 atom stereocenters. The van der Waals surface area contributed by atoms with Crippen LogP contribution in [0.25, 0.3) is 0 Å². The van der Waals surface area contributed by atoms with Crippen molar-refractivity contribution in [1.29, 1.82) is 0 Å². The summed E-state index contributed by atoms with van der Waals surface area (Å²) in [5, 5.41) is 13.0. The Morgan fingerprint density at radius 3 is 2.88 bits per heavy atom. The Morgan fingerprint density at radius 2 is 2.06 bits per heavy atom. The minimum atomic E-state index is 0.366. The predicted molar refractivity (Wildman–Crippen MR) is 66.2 cm³/mol. The Balaban J connectivity index is 1.94. The number of phenols is 1. The number of nitrogens with zero attached hydrogens (tertiary/aromatic N) is 1. The molecule has 0 amide bonds. The zero-order valence-electron chi connectivity index (χ0n) is 9.45. The number of nitrogens with one attached hydrogen (secondary N) is 1. The molecule has 0 saturated heterocycles. The van der Waals surface area contributed by atoms with E-state index in [1.54, 1.807) is 6.07 Å². The van der Waals surface area contributed by atoms with Crippen LogP contribution in [0, 0.1) is 0 Å². The highest BCUT2D eigenvalue weighted by Gasteiger charge is 2.26. The summed E-state index contributed by atoms with van der Waals surface area (Å²) >= 11 is 0. The van der Waals surface area contributed by atoms with E-state index in [-0.39, 0.29) is 0 Å². The number of fused-ring (bicyclic) bond motifs is 1. The highest BCUT2D eigenvalue weighted by molar-refractivity contribution is 5.74. The van der Waals surface area contributed by atoms with Crippen molar-refractivity contribution < 1.29 is 5.11 Å². The molecule has 0 radical (unpaired) electrons. The third-order valence-electron chi connectivity index (χ3n) is 3.72. The SMILES string of the molecule is Oc1ccc2c(c1)N(C1CCCC1)CCN2. The second kappa shape index (κ2) is 3.89. The fourth-order valence-corrected chi connectivity index (χ4v) is 2.93. The quantitative estimate of drug-likeness (QED) is 0.711. The largest absolute Gasteiger partial charge is 0.508 e. The molecule has 1 heterocycles. The molecular weight excluding hydrogens is 200 g/mol. The zero-order valence-corrected chi connectivity index (χ0v) is 9.45. The van der Waals surface area contributed by atoms with Crippen molar-refractivity contribution >= 4 is 11.4 Å². The Kier molecular flexibility index (Phi) is 2.39. The van der Waals surface area contributed by atoms with Crippen LogP contribution in [0.2, 0.25) is 0 Å². The Labute approximate surface area is 96.1 Å². The highest BCUT2D eigenvalue weighted by atomic mass is 16.3. The first-order valence-electron chi connectivity index (χ1n) is 6.18. The van der Waals surface area contributed by atoms with E-state index in [1.807, 2.05) is 12.1 Å². The van der Waals surface area contributed by atoms with Crippen LogP contribution in [0.1, 0.15) is 25.7 Å². The van der Waals surface area contributed by atoms with Crippen molar-refractivity contribution in [3.8, 4) is 5.75 Å². The van der Waals surface area contributed by atoms with E-state index >= 15 is 0 Å². The number of hydrogen-bond acceptors (Lipinski definition) is 3. The lowest BCUT2D eigenvalue weighted by Gasteiger charge is -2.36. The summed E-state index contributed by atoms with van der Waals surface area (Å²) in [7, 11) is 0. The molecule has 1 aromatic rings. The molecule has 0 bridgehead atoms. The molecule has 0 unspecified atom stereocenters. The van der Waals surface area contributed by atoms with Crippen LogP contribution in [-0.2, 0) is 0 Å². The molecule has 1 saturated carbocycles. The monoisotopic (exact) mass is 218 g/mol. The lowest BCUT2D eigenvalue weighted by molar-refractivity contribution is 0.474. The van der Waals surface area contributed by atoms with Crippen LogP contribution in [0.4, 0.5) is 11.4 Å². The van der Waals surface area contributed by atoms with Gasteiger partial charge in [0.1, 0.15) is 5.75 Å². The van der Waals surface area contributed by atoms with Gasteiger partial charge in [0.15, 0.2) is 0 Å². The van der Waals surface area contributed by atoms with E-state index in [2.05, 4.69) is 10.2 Å². The normalized spacial score (nSPS) is 20.6. The lowest BCUT2D eigenvalue weighted by Crippen LogP contribution is -2.40. The van der Waals surface area contributed by atoms with E-state index in [0.29, 0.717) is 11.8 Å². The Hall–Kier alpha value is -1.38. The predicted octanol–water partition coefficient (Wildman–Crippen LogP) is 2.57. The third-order valence-corrected chi connectivity index (χ3v) is 3.72. The number of anilines is 2. The lowest BCUT2D eigenvalue weighted by atomic mass is 10.1. The van der Waals surface area contributed by atoms with Gasteiger partial charge in [-0.1, -0.05) is 12.8 Å². The molecule has 3 nitrogen and oxygen atoms in total. The average molecular weight is 218 g/mol. The van der Waals surface area contributed by atoms with Crippen LogP contribution in [0.15, 0.2) is 18.2 Å². The highest BCUT2D eigenvalue weighted by Crippen LogP contribution is 2.36. The fourth-order valence-electron chi connectivity index (χ4n) is 2.93. The van der Waals surface area contributed by atoms with Gasteiger partial charge in [0.2, 0.25) is 0 Å². The molecule has 1 fully saturated rings. The van der Waals surface area contributed by atoms with Gasteiger partial charge in [0.05, 0.1) is 11.4 Å². The van der Waals surface area contributed by atoms with E-state index in [9.17, 15) is 5.11 Å². The second-order valence-corrected chi connectivity index (χ2v) is 4.76. The molecular formula is C13H18N2O. The molecule has 3 rings (SSSR count). The minimum Gasteiger partial charge on any atom is -0.508 e. The van der Waals surface area contributed by atoms with Gasteiger partial charge in [-0.15, -0.1) is 0 Å². The Morgan fingerprint density at radius 1 is 1.25 bits per heavy atom. The Bertz CT molecular complexity index is 386. The fraction of sp³-hybridized carbons (Fsp3) is 0.538.